The summed E-state index contributed by atoms with van der Waals surface area (Å²) in [4.78, 5) is 68.0. The van der Waals surface area contributed by atoms with E-state index in [-0.39, 0.29) is 49.4 Å². The van der Waals surface area contributed by atoms with E-state index in [2.05, 4.69) is 46.6 Å². The number of hydrogen-bond donors (Lipinski definition) is 2. The Hall–Kier alpha value is -4.89. The van der Waals surface area contributed by atoms with Gasteiger partial charge < -0.3 is 20.3 Å². The minimum absolute atomic E-state index is 0.119. The van der Waals surface area contributed by atoms with Crippen molar-refractivity contribution >= 4 is 56.2 Å². The monoisotopic (exact) mass is 760 g/mol. The number of aryl methyl sites for hydroxylation is 1. The molecule has 3 aromatic heterocycles. The molecule has 2 N–H and O–H groups in total. The molecule has 2 aliphatic rings. The van der Waals surface area contributed by atoms with Crippen molar-refractivity contribution in [2.24, 2.45) is 5.41 Å². The quantitative estimate of drug-likeness (QED) is 0.170. The maximum atomic E-state index is 16.7. The molecule has 0 spiro atoms. The number of benzene rings is 1. The van der Waals surface area contributed by atoms with Crippen molar-refractivity contribution < 1.29 is 28.3 Å². The summed E-state index contributed by atoms with van der Waals surface area (Å²) in [5.74, 6) is -1.09. The Morgan fingerprint density at radius 3 is 2.61 bits per heavy atom. The first-order valence-corrected chi connectivity index (χ1v) is 17.3. The Labute approximate surface area is 302 Å². The average molecular weight is 762 g/mol. The molecule has 2 bridgehead atoms. The lowest BCUT2D eigenvalue weighted by Crippen LogP contribution is -2.47. The number of rotatable bonds is 4. The minimum atomic E-state index is -2.12. The Balaban J connectivity index is 1.33. The number of nitrogens with one attached hydrogen (secondary N) is 2. The van der Waals surface area contributed by atoms with Gasteiger partial charge in [-0.1, -0.05) is 38.1 Å². The largest absolute Gasteiger partial charge is 0.373 e. The normalized spacial score (nSPS) is 21.1. The molecular formula is C36H38BrFN8O5. The van der Waals surface area contributed by atoms with Crippen LogP contribution < -0.4 is 10.6 Å². The SMILES string of the molecule is CC(=O)c1nn(CC(=O)N2C[C@@]3(F)CNC(=O)C(C)(C)CC=CCOCc4ccc(Br)nc4NC(=O)[C@@H]2C3)c2ccc(-c3cnc(C)nc3)cc12. The maximum absolute atomic E-state index is 16.7. The van der Waals surface area contributed by atoms with Gasteiger partial charge in [0.2, 0.25) is 17.7 Å². The van der Waals surface area contributed by atoms with Gasteiger partial charge in [0.25, 0.3) is 0 Å². The summed E-state index contributed by atoms with van der Waals surface area (Å²) in [5, 5.41) is 10.5. The number of Topliss-reactive ketones (excluding diaryl/α,β-unsaturated/α-hetero) is 1. The minimum Gasteiger partial charge on any atom is -0.373 e. The first-order valence-electron chi connectivity index (χ1n) is 16.5. The molecule has 13 nitrogen and oxygen atoms in total. The van der Waals surface area contributed by atoms with Crippen LogP contribution in [0.5, 0.6) is 0 Å². The van der Waals surface area contributed by atoms with Gasteiger partial charge in [0.05, 0.1) is 31.8 Å². The molecule has 1 saturated heterocycles. The Kier molecular flexibility index (Phi) is 10.1. The standard InChI is InChI=1S/C36H38BrFN8O5/c1-21(47)31-26-13-23(25-15-39-22(2)40-16-25)7-9-27(26)46(44-31)17-30(48)45-20-36(38)14-28(45)33(49)43-32-24(8-10-29(37)42-32)18-51-12-6-5-11-35(3,4)34(50)41-19-36/h5-10,13,15-16,28H,11-12,14,17-20H2,1-4H3,(H,41,50)(H,42,43,49)/t28-,36-/m0/s1. The van der Waals surface area contributed by atoms with Crippen molar-refractivity contribution in [1.82, 2.24) is 34.9 Å². The van der Waals surface area contributed by atoms with Gasteiger partial charge in [0.15, 0.2) is 5.78 Å². The summed E-state index contributed by atoms with van der Waals surface area (Å²) >= 11 is 3.34. The lowest BCUT2D eigenvalue weighted by molar-refractivity contribution is -0.137. The van der Waals surface area contributed by atoms with E-state index in [0.717, 1.165) is 11.1 Å². The van der Waals surface area contributed by atoms with Crippen LogP contribution in [0.3, 0.4) is 0 Å². The average Bonchev–Trinajstić information content (AvgIpc) is 3.64. The molecule has 1 fully saturated rings. The third-order valence-electron chi connectivity index (χ3n) is 9.13. The van der Waals surface area contributed by atoms with Crippen LogP contribution in [0, 0.1) is 12.3 Å². The molecule has 0 aliphatic carbocycles. The molecule has 1 aromatic carbocycles. The highest BCUT2D eigenvalue weighted by Crippen LogP contribution is 2.34. The Morgan fingerprint density at radius 2 is 1.86 bits per heavy atom. The number of amides is 3. The van der Waals surface area contributed by atoms with Gasteiger partial charge in [0.1, 0.15) is 40.2 Å². The van der Waals surface area contributed by atoms with Crippen LogP contribution in [0.4, 0.5) is 10.2 Å². The van der Waals surface area contributed by atoms with Crippen LogP contribution >= 0.6 is 15.9 Å². The number of aromatic nitrogens is 5. The zero-order valence-corrected chi connectivity index (χ0v) is 30.3. The lowest BCUT2D eigenvalue weighted by Gasteiger charge is -2.26. The van der Waals surface area contributed by atoms with E-state index in [1.165, 1.54) is 16.5 Å². The molecule has 4 aromatic rings. The van der Waals surface area contributed by atoms with Gasteiger partial charge in [-0.2, -0.15) is 5.10 Å². The molecule has 6 rings (SSSR count). The summed E-state index contributed by atoms with van der Waals surface area (Å²) in [6, 6.07) is 7.56. The third-order valence-corrected chi connectivity index (χ3v) is 9.57. The second-order valence-electron chi connectivity index (χ2n) is 13.6. The number of pyridine rings is 1. The first-order chi connectivity index (χ1) is 24.2. The van der Waals surface area contributed by atoms with Crippen LogP contribution in [0.2, 0.25) is 0 Å². The molecule has 0 radical (unpaired) electrons. The Bertz CT molecular complexity index is 2050. The highest BCUT2D eigenvalue weighted by Gasteiger charge is 2.50. The number of carbonyl (C=O) groups is 4. The molecule has 3 amide bonds. The van der Waals surface area contributed by atoms with Crippen molar-refractivity contribution in [3.63, 3.8) is 0 Å². The number of fused-ring (bicyclic) bond motifs is 4. The molecule has 51 heavy (non-hydrogen) atoms. The van der Waals surface area contributed by atoms with Gasteiger partial charge in [-0.3, -0.25) is 23.9 Å². The summed E-state index contributed by atoms with van der Waals surface area (Å²) < 4.78 is 24.3. The fourth-order valence-corrected chi connectivity index (χ4v) is 6.51. The highest BCUT2D eigenvalue weighted by atomic mass is 79.9. The van der Waals surface area contributed by atoms with E-state index >= 15 is 4.39 Å². The Morgan fingerprint density at radius 1 is 1.10 bits per heavy atom. The summed E-state index contributed by atoms with van der Waals surface area (Å²) in [6.45, 7) is 5.83. The van der Waals surface area contributed by atoms with E-state index < -0.39 is 42.0 Å². The number of nitrogens with zero attached hydrogens (tertiary/aromatic N) is 6. The first kappa shape index (κ1) is 35.9. The number of hydrogen-bond acceptors (Lipinski definition) is 9. The fraction of sp³-hybridized carbons (Fsp3) is 0.389. The van der Waals surface area contributed by atoms with Crippen molar-refractivity contribution in [1.29, 1.82) is 0 Å². The van der Waals surface area contributed by atoms with Crippen LogP contribution in [-0.4, -0.2) is 84.5 Å². The molecule has 266 valence electrons. The van der Waals surface area contributed by atoms with E-state index in [1.54, 1.807) is 63.5 Å². The number of anilines is 1. The van der Waals surface area contributed by atoms with Crippen molar-refractivity contribution in [3.05, 3.63) is 76.6 Å². The number of ketones is 1. The summed E-state index contributed by atoms with van der Waals surface area (Å²) in [7, 11) is 0. The van der Waals surface area contributed by atoms with Crippen LogP contribution in [0.25, 0.3) is 22.0 Å². The number of halogens is 2. The fourth-order valence-electron chi connectivity index (χ4n) is 6.20. The molecule has 15 heteroatoms. The van der Waals surface area contributed by atoms with Crippen LogP contribution in [-0.2, 0) is 32.3 Å². The number of allylic oxidation sites excluding steroid dienone is 1. The molecule has 0 unspecified atom stereocenters. The molecule has 0 saturated carbocycles. The summed E-state index contributed by atoms with van der Waals surface area (Å²) in [5.41, 5.74) is -0.225. The third kappa shape index (κ3) is 7.89. The molecular weight excluding hydrogens is 723 g/mol. The van der Waals surface area contributed by atoms with E-state index in [9.17, 15) is 19.2 Å². The molecule has 5 heterocycles. The van der Waals surface area contributed by atoms with E-state index in [1.807, 2.05) is 12.1 Å². The zero-order chi connectivity index (χ0) is 36.5. The molecule has 2 atom stereocenters. The van der Waals surface area contributed by atoms with Crippen molar-refractivity contribution in [3.8, 4) is 11.1 Å². The highest BCUT2D eigenvalue weighted by molar-refractivity contribution is 9.10. The second kappa shape index (κ2) is 14.4. The van der Waals surface area contributed by atoms with Gasteiger partial charge in [-0.25, -0.2) is 19.3 Å². The van der Waals surface area contributed by atoms with Crippen LogP contribution in [0.15, 0.2) is 59.5 Å². The van der Waals surface area contributed by atoms with Gasteiger partial charge in [-0.05, 0) is 53.0 Å². The van der Waals surface area contributed by atoms with Crippen LogP contribution in [0.1, 0.15) is 55.5 Å². The number of ether oxygens (including phenoxy) is 1. The number of likely N-dealkylation sites (tertiary alicyclic amines) is 1. The van der Waals surface area contributed by atoms with E-state index in [0.29, 0.717) is 33.3 Å². The smallest absolute Gasteiger partial charge is 0.248 e. The zero-order valence-electron chi connectivity index (χ0n) is 28.7. The van der Waals surface area contributed by atoms with Gasteiger partial charge in [-0.15, -0.1) is 0 Å². The van der Waals surface area contributed by atoms with Gasteiger partial charge >= 0.3 is 0 Å². The number of alkyl halides is 1. The predicted molar refractivity (Wildman–Crippen MR) is 190 cm³/mol. The summed E-state index contributed by atoms with van der Waals surface area (Å²) in [6.07, 6.45) is 7.03. The second-order valence-corrected chi connectivity index (χ2v) is 14.4. The van der Waals surface area contributed by atoms with Crippen molar-refractivity contribution in [2.45, 2.75) is 65.4 Å². The van der Waals surface area contributed by atoms with Crippen molar-refractivity contribution in [2.75, 3.05) is 25.0 Å². The maximum Gasteiger partial charge on any atom is 0.248 e. The molecule has 2 aliphatic heterocycles. The number of carbonyl (C=O) groups excluding carboxylic acids is 4. The predicted octanol–water partition coefficient (Wildman–Crippen LogP) is 4.73. The van der Waals surface area contributed by atoms with E-state index in [4.69, 9.17) is 4.74 Å². The topological polar surface area (TPSA) is 161 Å². The van der Waals surface area contributed by atoms with Gasteiger partial charge in [0, 0.05) is 47.7 Å². The lowest BCUT2D eigenvalue weighted by atomic mass is 9.87.